The van der Waals surface area contributed by atoms with Gasteiger partial charge in [0.1, 0.15) is 12.3 Å². The van der Waals surface area contributed by atoms with E-state index >= 15 is 0 Å². The van der Waals surface area contributed by atoms with E-state index in [1.807, 2.05) is 6.92 Å². The summed E-state index contributed by atoms with van der Waals surface area (Å²) in [5.41, 5.74) is 1.23. The number of oxazole rings is 1. The van der Waals surface area contributed by atoms with Gasteiger partial charge in [-0.25, -0.2) is 4.98 Å². The SMILES string of the molecule is CCOc1ccc(C(=O)NCC(=O)OCc2ncc(-c3ccc(Cl)cc3)o2)cc1. The Kier molecular flexibility index (Phi) is 6.86. The van der Waals surface area contributed by atoms with Crippen molar-refractivity contribution in [2.24, 2.45) is 0 Å². The predicted molar refractivity (Wildman–Crippen MR) is 107 cm³/mol. The van der Waals surface area contributed by atoms with Gasteiger partial charge in [0.05, 0.1) is 12.8 Å². The van der Waals surface area contributed by atoms with Crippen LogP contribution in [0, 0.1) is 0 Å². The maximum Gasteiger partial charge on any atom is 0.325 e. The first-order valence-corrected chi connectivity index (χ1v) is 9.30. The Labute approximate surface area is 172 Å². The summed E-state index contributed by atoms with van der Waals surface area (Å²) >= 11 is 5.86. The number of hydrogen-bond acceptors (Lipinski definition) is 6. The van der Waals surface area contributed by atoms with Gasteiger partial charge in [0.15, 0.2) is 12.4 Å². The lowest BCUT2D eigenvalue weighted by Gasteiger charge is -2.06. The predicted octanol–water partition coefficient (Wildman–Crippen LogP) is 3.87. The highest BCUT2D eigenvalue weighted by molar-refractivity contribution is 6.30. The molecule has 0 spiro atoms. The molecule has 0 unspecified atom stereocenters. The van der Waals surface area contributed by atoms with E-state index in [1.165, 1.54) is 0 Å². The Bertz CT molecular complexity index is 967. The topological polar surface area (TPSA) is 90.7 Å². The zero-order valence-corrected chi connectivity index (χ0v) is 16.4. The zero-order valence-electron chi connectivity index (χ0n) is 15.7. The molecule has 3 aromatic rings. The standard InChI is InChI=1S/C21H19ClN2O5/c1-2-27-17-9-5-15(6-10-17)21(26)24-12-20(25)28-13-19-23-11-18(29-19)14-3-7-16(22)8-4-14/h3-11H,2,12-13H2,1H3,(H,24,26). The Morgan fingerprint density at radius 3 is 2.52 bits per heavy atom. The highest BCUT2D eigenvalue weighted by Gasteiger charge is 2.12. The molecule has 1 amide bonds. The summed E-state index contributed by atoms with van der Waals surface area (Å²) < 4.78 is 16.0. The number of aromatic nitrogens is 1. The van der Waals surface area contributed by atoms with Gasteiger partial charge in [-0.05, 0) is 55.5 Å². The number of carbonyl (C=O) groups excluding carboxylic acids is 2. The van der Waals surface area contributed by atoms with Gasteiger partial charge in [0.2, 0.25) is 5.89 Å². The van der Waals surface area contributed by atoms with Crippen molar-refractivity contribution < 1.29 is 23.5 Å². The van der Waals surface area contributed by atoms with Crippen LogP contribution in [-0.2, 0) is 16.1 Å². The molecule has 0 bridgehead atoms. The second kappa shape index (κ2) is 9.75. The Hall–Kier alpha value is -3.32. The third-order valence-corrected chi connectivity index (χ3v) is 4.11. The maximum absolute atomic E-state index is 12.1. The second-order valence-corrected chi connectivity index (χ2v) is 6.36. The molecule has 2 aromatic carbocycles. The van der Waals surface area contributed by atoms with Gasteiger partial charge < -0.3 is 19.2 Å². The molecule has 150 valence electrons. The van der Waals surface area contributed by atoms with Crippen molar-refractivity contribution in [2.75, 3.05) is 13.2 Å². The molecule has 0 saturated carbocycles. The number of carbonyl (C=O) groups is 2. The van der Waals surface area contributed by atoms with Crippen molar-refractivity contribution in [1.82, 2.24) is 10.3 Å². The van der Waals surface area contributed by atoms with E-state index < -0.39 is 5.97 Å². The molecule has 0 radical (unpaired) electrons. The summed E-state index contributed by atoms with van der Waals surface area (Å²) in [6, 6.07) is 13.7. The highest BCUT2D eigenvalue weighted by atomic mass is 35.5. The fraction of sp³-hybridized carbons (Fsp3) is 0.190. The number of nitrogens with one attached hydrogen (secondary N) is 1. The summed E-state index contributed by atoms with van der Waals surface area (Å²) in [4.78, 5) is 28.0. The fourth-order valence-corrected chi connectivity index (χ4v) is 2.57. The van der Waals surface area contributed by atoms with E-state index in [9.17, 15) is 9.59 Å². The number of nitrogens with zero attached hydrogens (tertiary/aromatic N) is 1. The van der Waals surface area contributed by atoms with E-state index in [0.29, 0.717) is 28.7 Å². The molecule has 7 nitrogen and oxygen atoms in total. The van der Waals surface area contributed by atoms with Gasteiger partial charge in [-0.15, -0.1) is 0 Å². The molecular formula is C21H19ClN2O5. The minimum Gasteiger partial charge on any atom is -0.494 e. The van der Waals surface area contributed by atoms with Crippen molar-refractivity contribution in [2.45, 2.75) is 13.5 Å². The molecule has 0 aliphatic heterocycles. The number of esters is 1. The molecule has 0 fully saturated rings. The van der Waals surface area contributed by atoms with Crippen molar-refractivity contribution in [3.05, 3.63) is 71.2 Å². The van der Waals surface area contributed by atoms with Crippen LogP contribution in [0.4, 0.5) is 0 Å². The average Bonchev–Trinajstić information content (AvgIpc) is 3.21. The normalized spacial score (nSPS) is 10.4. The molecule has 0 aliphatic carbocycles. The highest BCUT2D eigenvalue weighted by Crippen LogP contribution is 2.22. The van der Waals surface area contributed by atoms with Gasteiger partial charge in [0.25, 0.3) is 5.91 Å². The third-order valence-electron chi connectivity index (χ3n) is 3.86. The monoisotopic (exact) mass is 414 g/mol. The number of hydrogen-bond donors (Lipinski definition) is 1. The smallest absolute Gasteiger partial charge is 0.325 e. The van der Waals surface area contributed by atoms with Gasteiger partial charge >= 0.3 is 5.97 Å². The molecule has 1 aromatic heterocycles. The number of ether oxygens (including phenoxy) is 2. The van der Waals surface area contributed by atoms with Crippen molar-refractivity contribution >= 4 is 23.5 Å². The second-order valence-electron chi connectivity index (χ2n) is 5.93. The van der Waals surface area contributed by atoms with E-state index in [4.69, 9.17) is 25.5 Å². The molecule has 8 heteroatoms. The minimum absolute atomic E-state index is 0.134. The van der Waals surface area contributed by atoms with Crippen LogP contribution in [-0.4, -0.2) is 30.0 Å². The van der Waals surface area contributed by atoms with Crippen molar-refractivity contribution in [3.63, 3.8) is 0 Å². The lowest BCUT2D eigenvalue weighted by Crippen LogP contribution is -2.30. The maximum atomic E-state index is 12.1. The van der Waals surface area contributed by atoms with Crippen molar-refractivity contribution in [3.8, 4) is 17.1 Å². The first-order valence-electron chi connectivity index (χ1n) is 8.92. The van der Waals surface area contributed by atoms with Crippen LogP contribution >= 0.6 is 11.6 Å². The van der Waals surface area contributed by atoms with Crippen LogP contribution in [0.15, 0.2) is 59.1 Å². The van der Waals surface area contributed by atoms with Crippen LogP contribution < -0.4 is 10.1 Å². The lowest BCUT2D eigenvalue weighted by atomic mass is 10.2. The molecule has 29 heavy (non-hydrogen) atoms. The zero-order chi connectivity index (χ0) is 20.6. The molecule has 1 N–H and O–H groups in total. The third kappa shape index (κ3) is 5.83. The Morgan fingerprint density at radius 1 is 1.10 bits per heavy atom. The van der Waals surface area contributed by atoms with Gasteiger partial charge in [-0.3, -0.25) is 9.59 Å². The van der Waals surface area contributed by atoms with E-state index in [-0.39, 0.29) is 24.9 Å². The van der Waals surface area contributed by atoms with E-state index in [2.05, 4.69) is 10.3 Å². The molecule has 3 rings (SSSR count). The molecule has 1 heterocycles. The first kappa shape index (κ1) is 20.4. The van der Waals surface area contributed by atoms with Crippen molar-refractivity contribution in [1.29, 1.82) is 0 Å². The Balaban J connectivity index is 1.45. The van der Waals surface area contributed by atoms with Crippen LogP contribution in [0.25, 0.3) is 11.3 Å². The lowest BCUT2D eigenvalue weighted by molar-refractivity contribution is -0.144. The summed E-state index contributed by atoms with van der Waals surface area (Å²) in [5.74, 6) is 0.478. The average molecular weight is 415 g/mol. The van der Waals surface area contributed by atoms with E-state index in [0.717, 1.165) is 5.56 Å². The summed E-state index contributed by atoms with van der Waals surface area (Å²) in [6.07, 6.45) is 1.54. The van der Waals surface area contributed by atoms with Gasteiger partial charge in [0, 0.05) is 16.1 Å². The van der Waals surface area contributed by atoms with Crippen LogP contribution in [0.2, 0.25) is 5.02 Å². The minimum atomic E-state index is -0.601. The van der Waals surface area contributed by atoms with Gasteiger partial charge in [-0.2, -0.15) is 0 Å². The fourth-order valence-electron chi connectivity index (χ4n) is 2.44. The molecule has 0 aliphatic rings. The summed E-state index contributed by atoms with van der Waals surface area (Å²) in [5, 5.41) is 3.13. The quantitative estimate of drug-likeness (QED) is 0.563. The number of rotatable bonds is 8. The Morgan fingerprint density at radius 2 is 1.83 bits per heavy atom. The number of halogens is 1. The van der Waals surface area contributed by atoms with Crippen LogP contribution in [0.1, 0.15) is 23.2 Å². The first-order chi connectivity index (χ1) is 14.0. The number of benzene rings is 2. The number of amides is 1. The molecule has 0 saturated heterocycles. The molecular weight excluding hydrogens is 396 g/mol. The largest absolute Gasteiger partial charge is 0.494 e. The van der Waals surface area contributed by atoms with E-state index in [1.54, 1.807) is 54.7 Å². The van der Waals surface area contributed by atoms with Crippen LogP contribution in [0.3, 0.4) is 0 Å². The van der Waals surface area contributed by atoms with Crippen LogP contribution in [0.5, 0.6) is 5.75 Å². The summed E-state index contributed by atoms with van der Waals surface area (Å²) in [6.45, 7) is 2.02. The molecule has 0 atom stereocenters. The van der Waals surface area contributed by atoms with Gasteiger partial charge in [-0.1, -0.05) is 11.6 Å². The summed E-state index contributed by atoms with van der Waals surface area (Å²) in [7, 11) is 0.